The van der Waals surface area contributed by atoms with Crippen LogP contribution in [0.3, 0.4) is 0 Å². The molecule has 0 aromatic heterocycles. The van der Waals surface area contributed by atoms with E-state index >= 15 is 0 Å². The Balaban J connectivity index is 2.09. The van der Waals surface area contributed by atoms with Crippen LogP contribution >= 0.6 is 0 Å². The molecule has 0 unspecified atom stereocenters. The second-order valence-corrected chi connectivity index (χ2v) is 11.6. The van der Waals surface area contributed by atoms with Gasteiger partial charge in [0, 0.05) is 111 Å². The van der Waals surface area contributed by atoms with Crippen molar-refractivity contribution in [3.05, 3.63) is 53.1 Å². The van der Waals surface area contributed by atoms with E-state index in [9.17, 15) is 9.90 Å². The van der Waals surface area contributed by atoms with Gasteiger partial charge in [-0.3, -0.25) is 4.79 Å². The van der Waals surface area contributed by atoms with Crippen molar-refractivity contribution in [2.45, 2.75) is 18.8 Å². The van der Waals surface area contributed by atoms with Crippen molar-refractivity contribution in [3.8, 4) is 34.5 Å². The molecular formula is C35H47N3O8. The summed E-state index contributed by atoms with van der Waals surface area (Å²) in [6, 6.07) is 11.8. The lowest BCUT2D eigenvalue weighted by Crippen LogP contribution is -2.36. The molecule has 0 amide bonds. The zero-order chi connectivity index (χ0) is 33.7. The third-order valence-electron chi connectivity index (χ3n) is 8.69. The Labute approximate surface area is 272 Å². The van der Waals surface area contributed by atoms with Crippen molar-refractivity contribution < 1.29 is 38.3 Å². The van der Waals surface area contributed by atoms with E-state index in [-0.39, 0.29) is 5.92 Å². The topological polar surface area (TPSA) is 102 Å². The van der Waals surface area contributed by atoms with Gasteiger partial charge in [0.1, 0.15) is 34.5 Å². The summed E-state index contributed by atoms with van der Waals surface area (Å²) in [6.45, 7) is 1.21. The third kappa shape index (κ3) is 6.63. The standard InChI is InChI=1S/C35H47N3O8/c1-36(2)22-15-25(41-5)31(26(16-22)42-6)34(32-27(43-7)17-23(37(3)4)18-28(32)44-8)33-29(45-9)19-24(20-30(33)46-10)38-13-11-21(12-14-38)35(39)40/h15-21,34H,11-14H2,1-10H3,(H,39,40). The van der Waals surface area contributed by atoms with Crippen LogP contribution in [0, 0.1) is 5.92 Å². The van der Waals surface area contributed by atoms with E-state index in [1.54, 1.807) is 42.7 Å². The van der Waals surface area contributed by atoms with Crippen molar-refractivity contribution in [3.63, 3.8) is 0 Å². The largest absolute Gasteiger partial charge is 0.496 e. The van der Waals surface area contributed by atoms with E-state index in [4.69, 9.17) is 28.4 Å². The minimum atomic E-state index is -0.751. The summed E-state index contributed by atoms with van der Waals surface area (Å²) in [7, 11) is 17.6. The van der Waals surface area contributed by atoms with E-state index in [0.29, 0.717) is 60.4 Å². The zero-order valence-electron chi connectivity index (χ0n) is 28.6. The number of hydrogen-bond acceptors (Lipinski definition) is 10. The highest BCUT2D eigenvalue weighted by atomic mass is 16.5. The summed E-state index contributed by atoms with van der Waals surface area (Å²) < 4.78 is 36.6. The fourth-order valence-corrected chi connectivity index (χ4v) is 6.15. The van der Waals surface area contributed by atoms with Gasteiger partial charge < -0.3 is 48.2 Å². The van der Waals surface area contributed by atoms with Gasteiger partial charge in [0.05, 0.1) is 54.5 Å². The first kappa shape index (κ1) is 34.2. The maximum atomic E-state index is 11.6. The molecule has 1 saturated heterocycles. The molecule has 0 spiro atoms. The Morgan fingerprint density at radius 1 is 0.630 bits per heavy atom. The Bertz CT molecular complexity index is 1390. The molecule has 3 aromatic carbocycles. The molecule has 0 aliphatic carbocycles. The van der Waals surface area contributed by atoms with Crippen molar-refractivity contribution in [2.75, 3.05) is 98.6 Å². The number of piperidine rings is 1. The molecule has 1 aliphatic heterocycles. The van der Waals surface area contributed by atoms with E-state index in [2.05, 4.69) is 4.90 Å². The lowest BCUT2D eigenvalue weighted by molar-refractivity contribution is -0.142. The first-order valence-corrected chi connectivity index (χ1v) is 15.1. The minimum absolute atomic E-state index is 0.348. The SMILES string of the molecule is COc1cc(N(C)C)cc(OC)c1C(c1c(OC)cc(N(C)C)cc1OC)c1c(OC)cc(N2CCC(C(=O)O)CC2)cc1OC. The van der Waals surface area contributed by atoms with Crippen LogP contribution in [0.2, 0.25) is 0 Å². The molecule has 1 N–H and O–H groups in total. The van der Waals surface area contributed by atoms with E-state index in [1.165, 1.54) is 0 Å². The number of anilines is 3. The quantitative estimate of drug-likeness (QED) is 0.246. The van der Waals surface area contributed by atoms with Crippen LogP contribution in [0.5, 0.6) is 34.5 Å². The Morgan fingerprint density at radius 3 is 1.20 bits per heavy atom. The van der Waals surface area contributed by atoms with Gasteiger partial charge in [0.15, 0.2) is 0 Å². The number of rotatable bonds is 13. The lowest BCUT2D eigenvalue weighted by Gasteiger charge is -2.34. The molecule has 1 fully saturated rings. The Kier molecular flexibility index (Phi) is 10.9. The molecule has 0 atom stereocenters. The fraction of sp³-hybridized carbons (Fsp3) is 0.457. The number of aliphatic carboxylic acids is 1. The summed E-state index contributed by atoms with van der Waals surface area (Å²) in [5.74, 6) is 1.81. The molecule has 4 rings (SSSR count). The highest BCUT2D eigenvalue weighted by Crippen LogP contribution is 2.55. The number of methoxy groups -OCH3 is 6. The molecule has 1 aliphatic rings. The van der Waals surface area contributed by atoms with Gasteiger partial charge in [-0.1, -0.05) is 0 Å². The molecular weight excluding hydrogens is 590 g/mol. The second kappa shape index (κ2) is 14.6. The highest BCUT2D eigenvalue weighted by Gasteiger charge is 2.36. The maximum absolute atomic E-state index is 11.6. The highest BCUT2D eigenvalue weighted by molar-refractivity contribution is 5.74. The number of ether oxygens (including phenoxy) is 6. The monoisotopic (exact) mass is 637 g/mol. The predicted octanol–water partition coefficient (Wildman–Crippen LogP) is 5.35. The van der Waals surface area contributed by atoms with Gasteiger partial charge in [-0.05, 0) is 12.8 Å². The van der Waals surface area contributed by atoms with Crippen LogP contribution in [-0.2, 0) is 4.79 Å². The Morgan fingerprint density at radius 2 is 0.935 bits per heavy atom. The smallest absolute Gasteiger partial charge is 0.306 e. The summed E-state index contributed by atoms with van der Waals surface area (Å²) in [5, 5.41) is 9.53. The minimum Gasteiger partial charge on any atom is -0.496 e. The van der Waals surface area contributed by atoms with Crippen LogP contribution in [0.25, 0.3) is 0 Å². The van der Waals surface area contributed by atoms with Gasteiger partial charge in [-0.2, -0.15) is 0 Å². The van der Waals surface area contributed by atoms with E-state index in [1.807, 2.05) is 74.4 Å². The van der Waals surface area contributed by atoms with Crippen LogP contribution in [0.15, 0.2) is 36.4 Å². The van der Waals surface area contributed by atoms with Gasteiger partial charge in [0.25, 0.3) is 0 Å². The summed E-state index contributed by atoms with van der Waals surface area (Å²) >= 11 is 0. The van der Waals surface area contributed by atoms with Crippen molar-refractivity contribution in [2.24, 2.45) is 5.92 Å². The number of carboxylic acid groups (broad SMARTS) is 1. The van der Waals surface area contributed by atoms with E-state index < -0.39 is 11.9 Å². The molecule has 250 valence electrons. The van der Waals surface area contributed by atoms with E-state index in [0.717, 1.165) is 33.8 Å². The number of benzene rings is 3. The maximum Gasteiger partial charge on any atom is 0.306 e. The van der Waals surface area contributed by atoms with Crippen LogP contribution in [0.4, 0.5) is 17.1 Å². The average molecular weight is 638 g/mol. The van der Waals surface area contributed by atoms with Gasteiger partial charge >= 0.3 is 5.97 Å². The van der Waals surface area contributed by atoms with Crippen LogP contribution < -0.4 is 43.1 Å². The van der Waals surface area contributed by atoms with Crippen molar-refractivity contribution in [1.29, 1.82) is 0 Å². The summed E-state index contributed by atoms with van der Waals surface area (Å²) in [6.07, 6.45) is 1.12. The molecule has 0 saturated carbocycles. The second-order valence-electron chi connectivity index (χ2n) is 11.6. The number of carbonyl (C=O) groups is 1. The lowest BCUT2D eigenvalue weighted by atomic mass is 9.81. The Hall–Kier alpha value is -4.67. The molecule has 3 aromatic rings. The fourth-order valence-electron chi connectivity index (χ4n) is 6.15. The molecule has 1 heterocycles. The van der Waals surface area contributed by atoms with Crippen LogP contribution in [-0.4, -0.2) is 95.0 Å². The zero-order valence-corrected chi connectivity index (χ0v) is 28.6. The van der Waals surface area contributed by atoms with Gasteiger partial charge in [0.2, 0.25) is 0 Å². The summed E-state index contributed by atoms with van der Waals surface area (Å²) in [5.41, 5.74) is 4.86. The summed E-state index contributed by atoms with van der Waals surface area (Å²) in [4.78, 5) is 17.8. The van der Waals surface area contributed by atoms with Crippen molar-refractivity contribution >= 4 is 23.0 Å². The third-order valence-corrected chi connectivity index (χ3v) is 8.69. The molecule has 11 heteroatoms. The van der Waals surface area contributed by atoms with Crippen molar-refractivity contribution in [1.82, 2.24) is 0 Å². The first-order chi connectivity index (χ1) is 22.0. The molecule has 0 radical (unpaired) electrons. The first-order valence-electron chi connectivity index (χ1n) is 15.1. The number of carboxylic acids is 1. The molecule has 46 heavy (non-hydrogen) atoms. The average Bonchev–Trinajstić information content (AvgIpc) is 3.07. The van der Waals surface area contributed by atoms with Crippen LogP contribution in [0.1, 0.15) is 35.4 Å². The van der Waals surface area contributed by atoms with Gasteiger partial charge in [-0.25, -0.2) is 0 Å². The number of hydrogen-bond donors (Lipinski definition) is 1. The normalized spacial score (nSPS) is 13.3. The number of nitrogens with zero attached hydrogens (tertiary/aromatic N) is 3. The molecule has 11 nitrogen and oxygen atoms in total. The van der Waals surface area contributed by atoms with Gasteiger partial charge in [-0.15, -0.1) is 0 Å². The molecule has 0 bridgehead atoms. The predicted molar refractivity (Wildman–Crippen MR) is 181 cm³/mol.